The minimum Gasteiger partial charge on any atom is -0.508 e. The number of methoxy groups -OCH3 is 1. The normalized spacial score (nSPS) is 12.0. The zero-order valence-corrected chi connectivity index (χ0v) is 15.5. The van der Waals surface area contributed by atoms with E-state index in [1.54, 1.807) is 6.07 Å². The van der Waals surface area contributed by atoms with Crippen LogP contribution in [0.1, 0.15) is 25.8 Å². The van der Waals surface area contributed by atoms with Crippen LogP contribution in [0.4, 0.5) is 0 Å². The number of phenols is 1. The molecule has 0 saturated carbocycles. The molecular formula is C19H23NO7. The van der Waals surface area contributed by atoms with E-state index < -0.39 is 30.5 Å². The molecule has 0 saturated heterocycles. The summed E-state index contributed by atoms with van der Waals surface area (Å²) in [4.78, 5) is 35.7. The van der Waals surface area contributed by atoms with Crippen molar-refractivity contribution >= 4 is 28.8 Å². The molecule has 0 aliphatic rings. The minimum absolute atomic E-state index is 0.0594. The van der Waals surface area contributed by atoms with Crippen molar-refractivity contribution in [3.63, 3.8) is 0 Å². The predicted molar refractivity (Wildman–Crippen MR) is 95.9 cm³/mol. The summed E-state index contributed by atoms with van der Waals surface area (Å²) in [5.41, 5.74) is 1.04. The molecule has 8 nitrogen and oxygen atoms in total. The maximum atomic E-state index is 12.0. The van der Waals surface area contributed by atoms with E-state index in [0.717, 1.165) is 0 Å². The van der Waals surface area contributed by atoms with Crippen molar-refractivity contribution in [2.24, 2.45) is 5.92 Å². The van der Waals surface area contributed by atoms with Gasteiger partial charge in [0.15, 0.2) is 6.61 Å². The number of hydrogen-bond donors (Lipinski definition) is 2. The van der Waals surface area contributed by atoms with Crippen LogP contribution in [0.5, 0.6) is 5.75 Å². The smallest absolute Gasteiger partial charge is 0.328 e. The molecule has 1 aromatic heterocycles. The van der Waals surface area contributed by atoms with Crippen LogP contribution in [0, 0.1) is 5.92 Å². The number of aromatic hydroxyl groups is 1. The average molecular weight is 377 g/mol. The van der Waals surface area contributed by atoms with Crippen LogP contribution < -0.4 is 5.32 Å². The number of amides is 1. The largest absolute Gasteiger partial charge is 0.508 e. The van der Waals surface area contributed by atoms with E-state index >= 15 is 0 Å². The van der Waals surface area contributed by atoms with E-state index in [1.165, 1.54) is 25.5 Å². The number of hydrogen-bond acceptors (Lipinski definition) is 7. The first-order chi connectivity index (χ1) is 12.8. The highest BCUT2D eigenvalue weighted by atomic mass is 16.5. The number of carbonyl (C=O) groups is 3. The van der Waals surface area contributed by atoms with Gasteiger partial charge in [-0.25, -0.2) is 4.79 Å². The summed E-state index contributed by atoms with van der Waals surface area (Å²) in [6.07, 6.45) is 1.74. The van der Waals surface area contributed by atoms with E-state index in [1.807, 2.05) is 13.8 Å². The van der Waals surface area contributed by atoms with Crippen molar-refractivity contribution in [1.82, 2.24) is 5.32 Å². The Balaban J connectivity index is 1.88. The fraction of sp³-hybridized carbons (Fsp3) is 0.421. The lowest BCUT2D eigenvalue weighted by molar-refractivity contribution is -0.150. The first-order valence-corrected chi connectivity index (χ1v) is 8.52. The van der Waals surface area contributed by atoms with Gasteiger partial charge in [0.2, 0.25) is 0 Å². The van der Waals surface area contributed by atoms with Crippen molar-refractivity contribution in [2.45, 2.75) is 32.7 Å². The zero-order chi connectivity index (χ0) is 20.0. The van der Waals surface area contributed by atoms with Crippen molar-refractivity contribution in [1.29, 1.82) is 0 Å². The van der Waals surface area contributed by atoms with Crippen molar-refractivity contribution in [2.75, 3.05) is 13.7 Å². The number of ether oxygens (including phenoxy) is 2. The molecule has 0 unspecified atom stereocenters. The van der Waals surface area contributed by atoms with Gasteiger partial charge in [-0.3, -0.25) is 9.59 Å². The standard InChI is InChI=1S/C19H23NO7/c1-11(2)6-15(19(24)25-3)20-17(22)10-27-18(23)7-12-9-26-16-8-13(21)4-5-14(12)16/h4-5,8-9,11,15,21H,6-7,10H2,1-3H3,(H,20,22)/t15-/m0/s1. The Bertz CT molecular complexity index is 825. The second kappa shape index (κ2) is 9.07. The number of nitrogens with one attached hydrogen (secondary N) is 1. The van der Waals surface area contributed by atoms with Gasteiger partial charge >= 0.3 is 11.9 Å². The summed E-state index contributed by atoms with van der Waals surface area (Å²) in [5, 5.41) is 12.6. The topological polar surface area (TPSA) is 115 Å². The highest BCUT2D eigenvalue weighted by molar-refractivity contribution is 5.88. The summed E-state index contributed by atoms with van der Waals surface area (Å²) < 4.78 is 14.9. The average Bonchev–Trinajstić information content (AvgIpc) is 3.00. The maximum absolute atomic E-state index is 12.0. The maximum Gasteiger partial charge on any atom is 0.328 e. The first-order valence-electron chi connectivity index (χ1n) is 8.52. The zero-order valence-electron chi connectivity index (χ0n) is 15.5. The van der Waals surface area contributed by atoms with Crippen LogP contribution in [0.3, 0.4) is 0 Å². The number of phenolic OH excluding ortho intramolecular Hbond substituents is 1. The van der Waals surface area contributed by atoms with E-state index in [-0.39, 0.29) is 18.1 Å². The molecule has 0 spiro atoms. The molecule has 0 bridgehead atoms. The van der Waals surface area contributed by atoms with E-state index in [0.29, 0.717) is 23.0 Å². The molecule has 0 fully saturated rings. The highest BCUT2D eigenvalue weighted by Gasteiger charge is 2.23. The molecule has 1 atom stereocenters. The summed E-state index contributed by atoms with van der Waals surface area (Å²) >= 11 is 0. The molecule has 1 heterocycles. The fourth-order valence-corrected chi connectivity index (χ4v) is 2.63. The van der Waals surface area contributed by atoms with Gasteiger partial charge in [-0.2, -0.15) is 0 Å². The Morgan fingerprint density at radius 2 is 2.00 bits per heavy atom. The molecule has 0 aliphatic heterocycles. The van der Waals surface area contributed by atoms with Crippen LogP contribution in [0.25, 0.3) is 11.0 Å². The van der Waals surface area contributed by atoms with Crippen LogP contribution in [-0.4, -0.2) is 42.7 Å². The van der Waals surface area contributed by atoms with Gasteiger partial charge < -0.3 is 24.3 Å². The molecule has 8 heteroatoms. The minimum atomic E-state index is -0.785. The number of fused-ring (bicyclic) bond motifs is 1. The number of furan rings is 1. The second-order valence-corrected chi connectivity index (χ2v) is 6.55. The van der Waals surface area contributed by atoms with Gasteiger partial charge in [0.05, 0.1) is 19.8 Å². The first kappa shape index (κ1) is 20.3. The quantitative estimate of drug-likeness (QED) is 0.675. The lowest BCUT2D eigenvalue weighted by Crippen LogP contribution is -2.44. The molecule has 0 radical (unpaired) electrons. The Morgan fingerprint density at radius 1 is 1.26 bits per heavy atom. The van der Waals surface area contributed by atoms with Gasteiger partial charge in [0, 0.05) is 17.0 Å². The number of esters is 2. The van der Waals surface area contributed by atoms with Gasteiger partial charge in [-0.1, -0.05) is 13.8 Å². The lowest BCUT2D eigenvalue weighted by Gasteiger charge is -2.18. The summed E-state index contributed by atoms with van der Waals surface area (Å²) in [6.45, 7) is 3.33. The summed E-state index contributed by atoms with van der Waals surface area (Å²) in [7, 11) is 1.25. The van der Waals surface area contributed by atoms with Crippen molar-refractivity contribution in [3.8, 4) is 5.75 Å². The molecule has 1 amide bonds. The van der Waals surface area contributed by atoms with E-state index in [9.17, 15) is 19.5 Å². The fourth-order valence-electron chi connectivity index (χ4n) is 2.63. The number of benzene rings is 1. The molecule has 2 aromatic rings. The number of carbonyl (C=O) groups excluding carboxylic acids is 3. The van der Waals surface area contributed by atoms with Crippen LogP contribution >= 0.6 is 0 Å². The molecule has 146 valence electrons. The van der Waals surface area contributed by atoms with E-state index in [2.05, 4.69) is 10.1 Å². The molecule has 0 aliphatic carbocycles. The second-order valence-electron chi connectivity index (χ2n) is 6.55. The van der Waals surface area contributed by atoms with Gasteiger partial charge in [-0.05, 0) is 24.5 Å². The Hall–Kier alpha value is -3.03. The lowest BCUT2D eigenvalue weighted by atomic mass is 10.0. The Kier molecular flexibility index (Phi) is 6.81. The highest BCUT2D eigenvalue weighted by Crippen LogP contribution is 2.25. The van der Waals surface area contributed by atoms with Gasteiger partial charge in [0.25, 0.3) is 5.91 Å². The SMILES string of the molecule is COC(=O)[C@H](CC(C)C)NC(=O)COC(=O)Cc1coc2cc(O)ccc12. The third-order valence-corrected chi connectivity index (χ3v) is 3.87. The Morgan fingerprint density at radius 3 is 2.67 bits per heavy atom. The summed E-state index contributed by atoms with van der Waals surface area (Å²) in [6, 6.07) is 3.78. The van der Waals surface area contributed by atoms with Crippen molar-refractivity contribution in [3.05, 3.63) is 30.0 Å². The summed E-state index contributed by atoms with van der Waals surface area (Å²) in [5.74, 6) is -1.51. The van der Waals surface area contributed by atoms with Crippen LogP contribution in [0.2, 0.25) is 0 Å². The predicted octanol–water partition coefficient (Wildman–Crippen LogP) is 1.93. The van der Waals surface area contributed by atoms with Crippen LogP contribution in [0.15, 0.2) is 28.9 Å². The Labute approximate surface area is 156 Å². The third-order valence-electron chi connectivity index (χ3n) is 3.87. The molecule has 2 N–H and O–H groups in total. The molecule has 27 heavy (non-hydrogen) atoms. The van der Waals surface area contributed by atoms with Gasteiger partial charge in [-0.15, -0.1) is 0 Å². The monoisotopic (exact) mass is 377 g/mol. The number of rotatable bonds is 8. The molecular weight excluding hydrogens is 354 g/mol. The van der Waals surface area contributed by atoms with Crippen LogP contribution in [-0.2, 0) is 30.3 Å². The molecule has 2 rings (SSSR count). The van der Waals surface area contributed by atoms with Crippen molar-refractivity contribution < 1.29 is 33.4 Å². The third kappa shape index (κ3) is 5.73. The molecule has 1 aromatic carbocycles. The van der Waals surface area contributed by atoms with Gasteiger partial charge in [0.1, 0.15) is 17.4 Å². The van der Waals surface area contributed by atoms with E-state index in [4.69, 9.17) is 9.15 Å².